The Hall–Kier alpha value is -2.24. The lowest BCUT2D eigenvalue weighted by atomic mass is 10.1. The van der Waals surface area contributed by atoms with Crippen molar-refractivity contribution in [3.63, 3.8) is 0 Å². The topological polar surface area (TPSA) is 86.5 Å². The molecular formula is C10H9NO5. The summed E-state index contributed by atoms with van der Waals surface area (Å²) in [7, 11) is 1.32. The number of nitrogens with zero attached hydrogens (tertiary/aromatic N) is 1. The summed E-state index contributed by atoms with van der Waals surface area (Å²) in [5, 5.41) is 10.7. The quantitative estimate of drug-likeness (QED) is 0.335. The lowest BCUT2D eigenvalue weighted by molar-refractivity contribution is -0.385. The molecule has 1 aromatic rings. The standard InChI is InChI=1S/C10H9NO5/c1-6(13)8-4-10(16-2)7(5-12)3-9(8)11(14)15/h3-5H,1-2H3. The molecule has 0 heterocycles. The number of ether oxygens (including phenoxy) is 1. The van der Waals surface area contributed by atoms with Crippen molar-refractivity contribution in [1.29, 1.82) is 0 Å². The molecule has 0 aliphatic heterocycles. The minimum atomic E-state index is -0.705. The molecule has 0 bridgehead atoms. The number of aldehydes is 1. The van der Waals surface area contributed by atoms with Gasteiger partial charge in [0.25, 0.3) is 5.69 Å². The van der Waals surface area contributed by atoms with Crippen LogP contribution < -0.4 is 4.74 Å². The van der Waals surface area contributed by atoms with E-state index in [-0.39, 0.29) is 16.9 Å². The minimum Gasteiger partial charge on any atom is -0.496 e. The van der Waals surface area contributed by atoms with Crippen molar-refractivity contribution in [2.75, 3.05) is 7.11 Å². The molecule has 16 heavy (non-hydrogen) atoms. The van der Waals surface area contributed by atoms with Crippen molar-refractivity contribution in [2.45, 2.75) is 6.92 Å². The minimum absolute atomic E-state index is 0.0409. The summed E-state index contributed by atoms with van der Waals surface area (Å²) in [6.07, 6.45) is 0.440. The molecule has 1 rings (SSSR count). The molecule has 0 saturated heterocycles. The van der Waals surface area contributed by atoms with Crippen LogP contribution in [0.1, 0.15) is 27.6 Å². The van der Waals surface area contributed by atoms with Gasteiger partial charge in [0.15, 0.2) is 12.1 Å². The van der Waals surface area contributed by atoms with Crippen molar-refractivity contribution in [2.24, 2.45) is 0 Å². The molecule has 0 fully saturated rings. The fourth-order valence-corrected chi connectivity index (χ4v) is 1.29. The van der Waals surface area contributed by atoms with Crippen LogP contribution in [0.15, 0.2) is 12.1 Å². The number of ketones is 1. The van der Waals surface area contributed by atoms with Crippen LogP contribution in [-0.2, 0) is 0 Å². The zero-order valence-electron chi connectivity index (χ0n) is 8.72. The van der Waals surface area contributed by atoms with E-state index in [9.17, 15) is 19.7 Å². The molecule has 0 N–H and O–H groups in total. The van der Waals surface area contributed by atoms with Gasteiger partial charge in [-0.1, -0.05) is 0 Å². The number of nitro groups is 1. The molecular weight excluding hydrogens is 214 g/mol. The molecule has 84 valence electrons. The highest BCUT2D eigenvalue weighted by atomic mass is 16.6. The normalized spacial score (nSPS) is 9.62. The highest BCUT2D eigenvalue weighted by molar-refractivity contribution is 6.00. The summed E-state index contributed by atoms with van der Waals surface area (Å²) in [6.45, 7) is 1.21. The summed E-state index contributed by atoms with van der Waals surface area (Å²) in [5.74, 6) is -0.312. The van der Waals surface area contributed by atoms with Gasteiger partial charge in [0, 0.05) is 6.07 Å². The Labute approximate surface area is 91.0 Å². The molecule has 0 unspecified atom stereocenters. The second kappa shape index (κ2) is 4.52. The molecule has 0 atom stereocenters. The van der Waals surface area contributed by atoms with E-state index in [0.29, 0.717) is 6.29 Å². The molecule has 0 amide bonds. The average molecular weight is 223 g/mol. The molecule has 0 aliphatic carbocycles. The van der Waals surface area contributed by atoms with Crippen LogP contribution in [-0.4, -0.2) is 24.1 Å². The summed E-state index contributed by atoms with van der Waals surface area (Å²) >= 11 is 0. The predicted octanol–water partition coefficient (Wildman–Crippen LogP) is 1.62. The number of carbonyl (C=O) groups is 2. The van der Waals surface area contributed by atoms with Crippen LogP contribution in [0.3, 0.4) is 0 Å². The van der Waals surface area contributed by atoms with Crippen LogP contribution in [0.2, 0.25) is 0 Å². The Morgan fingerprint density at radius 2 is 2.12 bits per heavy atom. The molecule has 0 saturated carbocycles. The highest BCUT2D eigenvalue weighted by Crippen LogP contribution is 2.27. The first-order valence-corrected chi connectivity index (χ1v) is 4.33. The fraction of sp³-hybridized carbons (Fsp3) is 0.200. The number of carbonyl (C=O) groups excluding carboxylic acids is 2. The van der Waals surface area contributed by atoms with E-state index in [1.165, 1.54) is 20.1 Å². The van der Waals surface area contributed by atoms with Crippen LogP contribution in [0.25, 0.3) is 0 Å². The van der Waals surface area contributed by atoms with Gasteiger partial charge in [-0.15, -0.1) is 0 Å². The van der Waals surface area contributed by atoms with Gasteiger partial charge < -0.3 is 4.74 Å². The largest absolute Gasteiger partial charge is 0.496 e. The summed E-state index contributed by atoms with van der Waals surface area (Å²) < 4.78 is 4.86. The van der Waals surface area contributed by atoms with Crippen molar-refractivity contribution in [1.82, 2.24) is 0 Å². The first-order valence-electron chi connectivity index (χ1n) is 4.33. The molecule has 0 radical (unpaired) electrons. The van der Waals surface area contributed by atoms with Gasteiger partial charge >= 0.3 is 0 Å². The van der Waals surface area contributed by atoms with Crippen LogP contribution in [0, 0.1) is 10.1 Å². The van der Waals surface area contributed by atoms with Gasteiger partial charge in [0.1, 0.15) is 5.75 Å². The summed E-state index contributed by atoms with van der Waals surface area (Å²) in [6, 6.07) is 2.23. The number of nitro benzene ring substituents is 1. The number of benzene rings is 1. The van der Waals surface area contributed by atoms with Crippen LogP contribution in [0.4, 0.5) is 5.69 Å². The highest BCUT2D eigenvalue weighted by Gasteiger charge is 2.21. The summed E-state index contributed by atoms with van der Waals surface area (Å²) in [4.78, 5) is 31.8. The Bertz CT molecular complexity index is 467. The third kappa shape index (κ3) is 2.05. The SMILES string of the molecule is COc1cc(C(C)=O)c([N+](=O)[O-])cc1C=O. The Kier molecular flexibility index (Phi) is 3.34. The maximum Gasteiger partial charge on any atom is 0.281 e. The van der Waals surface area contributed by atoms with Gasteiger partial charge in [-0.05, 0) is 13.0 Å². The number of methoxy groups -OCH3 is 1. The van der Waals surface area contributed by atoms with Crippen molar-refractivity contribution < 1.29 is 19.2 Å². The van der Waals surface area contributed by atoms with Gasteiger partial charge in [0.2, 0.25) is 0 Å². The molecule has 1 aromatic carbocycles. The zero-order chi connectivity index (χ0) is 12.3. The lowest BCUT2D eigenvalue weighted by Crippen LogP contribution is -2.03. The molecule has 6 nitrogen and oxygen atoms in total. The molecule has 0 aromatic heterocycles. The van der Waals surface area contributed by atoms with Crippen LogP contribution in [0.5, 0.6) is 5.75 Å². The van der Waals surface area contributed by atoms with Gasteiger partial charge in [-0.2, -0.15) is 0 Å². The Morgan fingerprint density at radius 1 is 1.50 bits per heavy atom. The predicted molar refractivity (Wildman–Crippen MR) is 55.0 cm³/mol. The van der Waals surface area contributed by atoms with Crippen molar-refractivity contribution in [3.8, 4) is 5.75 Å². The van der Waals surface area contributed by atoms with E-state index >= 15 is 0 Å². The van der Waals surface area contributed by atoms with E-state index in [0.717, 1.165) is 6.07 Å². The third-order valence-electron chi connectivity index (χ3n) is 2.05. The lowest BCUT2D eigenvalue weighted by Gasteiger charge is -2.05. The van der Waals surface area contributed by atoms with E-state index in [4.69, 9.17) is 4.74 Å². The fourth-order valence-electron chi connectivity index (χ4n) is 1.29. The average Bonchev–Trinajstić information content (AvgIpc) is 2.26. The van der Waals surface area contributed by atoms with E-state index in [1.807, 2.05) is 0 Å². The van der Waals surface area contributed by atoms with E-state index in [2.05, 4.69) is 0 Å². The summed E-state index contributed by atoms with van der Waals surface area (Å²) in [5.41, 5.74) is -0.429. The Balaban J connectivity index is 3.53. The number of Topliss-reactive ketones (excluding diaryl/α,β-unsaturated/α-hetero) is 1. The second-order valence-corrected chi connectivity index (χ2v) is 3.04. The van der Waals surface area contributed by atoms with Gasteiger partial charge in [-0.3, -0.25) is 19.7 Å². The maximum atomic E-state index is 11.2. The van der Waals surface area contributed by atoms with Crippen LogP contribution >= 0.6 is 0 Å². The molecule has 6 heteroatoms. The second-order valence-electron chi connectivity index (χ2n) is 3.04. The van der Waals surface area contributed by atoms with E-state index in [1.54, 1.807) is 0 Å². The maximum absolute atomic E-state index is 11.2. The monoisotopic (exact) mass is 223 g/mol. The number of hydrogen-bond acceptors (Lipinski definition) is 5. The number of rotatable bonds is 4. The zero-order valence-corrected chi connectivity index (χ0v) is 8.72. The smallest absolute Gasteiger partial charge is 0.281 e. The van der Waals surface area contributed by atoms with Gasteiger partial charge in [-0.25, -0.2) is 0 Å². The Morgan fingerprint density at radius 3 is 2.50 bits per heavy atom. The van der Waals surface area contributed by atoms with Crippen molar-refractivity contribution in [3.05, 3.63) is 33.4 Å². The van der Waals surface area contributed by atoms with E-state index < -0.39 is 16.4 Å². The van der Waals surface area contributed by atoms with Gasteiger partial charge in [0.05, 0.1) is 23.2 Å². The molecule has 0 spiro atoms. The first kappa shape index (κ1) is 11.8. The van der Waals surface area contributed by atoms with Crippen molar-refractivity contribution >= 4 is 17.8 Å². The first-order chi connectivity index (χ1) is 7.51. The molecule has 0 aliphatic rings. The third-order valence-corrected chi connectivity index (χ3v) is 2.05. The number of hydrogen-bond donors (Lipinski definition) is 0.